The summed E-state index contributed by atoms with van der Waals surface area (Å²) in [5.74, 6) is -3.32. The molecule has 2 aromatic carbocycles. The molecule has 0 saturated carbocycles. The SMILES string of the molecule is CCC(C)C(NC(=O)C(CCCCN)NC(=O)C(Cc1ccc(O)cc1)NC(=O)C(N)Cc1ccc(O)cc1)C(=O)O. The van der Waals surface area contributed by atoms with E-state index in [9.17, 15) is 34.5 Å². The van der Waals surface area contributed by atoms with E-state index in [4.69, 9.17) is 11.5 Å². The van der Waals surface area contributed by atoms with Crippen LogP contribution in [0.4, 0.5) is 0 Å². The fourth-order valence-electron chi connectivity index (χ4n) is 4.31. The average molecular weight is 586 g/mol. The van der Waals surface area contributed by atoms with Gasteiger partial charge in [0.1, 0.15) is 29.6 Å². The van der Waals surface area contributed by atoms with Gasteiger partial charge in [-0.15, -0.1) is 0 Å². The van der Waals surface area contributed by atoms with Crippen LogP contribution in [0, 0.1) is 5.92 Å². The van der Waals surface area contributed by atoms with Gasteiger partial charge in [0.2, 0.25) is 17.7 Å². The highest BCUT2D eigenvalue weighted by atomic mass is 16.4. The van der Waals surface area contributed by atoms with Crippen molar-refractivity contribution >= 4 is 23.7 Å². The number of hydrogen-bond donors (Lipinski definition) is 8. The second-order valence-corrected chi connectivity index (χ2v) is 10.5. The van der Waals surface area contributed by atoms with Gasteiger partial charge in [-0.25, -0.2) is 4.79 Å². The molecule has 5 unspecified atom stereocenters. The molecule has 0 aliphatic heterocycles. The normalized spacial score (nSPS) is 14.6. The molecular formula is C30H43N5O7. The number of phenols is 2. The molecule has 12 nitrogen and oxygen atoms in total. The van der Waals surface area contributed by atoms with E-state index in [-0.39, 0.29) is 36.7 Å². The van der Waals surface area contributed by atoms with Crippen LogP contribution < -0.4 is 27.4 Å². The molecule has 0 bridgehead atoms. The van der Waals surface area contributed by atoms with Crippen molar-refractivity contribution in [1.29, 1.82) is 0 Å². The average Bonchev–Trinajstić information content (AvgIpc) is 2.96. The van der Waals surface area contributed by atoms with Gasteiger partial charge in [0, 0.05) is 6.42 Å². The highest BCUT2D eigenvalue weighted by Crippen LogP contribution is 2.14. The van der Waals surface area contributed by atoms with Gasteiger partial charge in [0.05, 0.1) is 6.04 Å². The third-order valence-corrected chi connectivity index (χ3v) is 7.09. The first-order valence-electron chi connectivity index (χ1n) is 14.1. The smallest absolute Gasteiger partial charge is 0.326 e. The number of rotatable bonds is 17. The number of phenolic OH excluding ortho intramolecular Hbond substituents is 2. The van der Waals surface area contributed by atoms with Gasteiger partial charge in [-0.1, -0.05) is 44.5 Å². The summed E-state index contributed by atoms with van der Waals surface area (Å²) in [7, 11) is 0. The van der Waals surface area contributed by atoms with E-state index < -0.39 is 47.9 Å². The van der Waals surface area contributed by atoms with Crippen LogP contribution in [-0.2, 0) is 32.0 Å². The van der Waals surface area contributed by atoms with Crippen molar-refractivity contribution in [3.05, 3.63) is 59.7 Å². The predicted octanol–water partition coefficient (Wildman–Crippen LogP) is 0.924. The molecule has 0 aliphatic rings. The molecule has 5 atom stereocenters. The summed E-state index contributed by atoms with van der Waals surface area (Å²) in [6.07, 6.45) is 2.01. The van der Waals surface area contributed by atoms with Crippen LogP contribution in [0.3, 0.4) is 0 Å². The largest absolute Gasteiger partial charge is 0.508 e. The van der Waals surface area contributed by atoms with Gasteiger partial charge in [-0.2, -0.15) is 0 Å². The standard InChI is InChI=1S/C30H43N5O7/c1-3-18(2)26(30(41)42)35-28(39)24(6-4-5-15-31)33-29(40)25(17-20-9-13-22(37)14-10-20)34-27(38)23(32)16-19-7-11-21(36)12-8-19/h7-14,18,23-26,36-37H,3-6,15-17,31-32H2,1-2H3,(H,33,40)(H,34,38)(H,35,39)(H,41,42). The summed E-state index contributed by atoms with van der Waals surface area (Å²) in [4.78, 5) is 51.6. The predicted molar refractivity (Wildman–Crippen MR) is 157 cm³/mol. The maximum absolute atomic E-state index is 13.6. The minimum Gasteiger partial charge on any atom is -0.508 e. The van der Waals surface area contributed by atoms with Crippen molar-refractivity contribution in [2.45, 2.75) is 76.5 Å². The van der Waals surface area contributed by atoms with E-state index in [2.05, 4.69) is 16.0 Å². The summed E-state index contributed by atoms with van der Waals surface area (Å²) in [6, 6.07) is 7.98. The second-order valence-electron chi connectivity index (χ2n) is 10.5. The third kappa shape index (κ3) is 11.0. The van der Waals surface area contributed by atoms with Crippen LogP contribution in [0.15, 0.2) is 48.5 Å². The fourth-order valence-corrected chi connectivity index (χ4v) is 4.31. The molecule has 0 aromatic heterocycles. The minimum absolute atomic E-state index is 0.0330. The summed E-state index contributed by atoms with van der Waals surface area (Å²) in [5, 5.41) is 36.7. The third-order valence-electron chi connectivity index (χ3n) is 7.09. The Morgan fingerprint density at radius 3 is 1.76 bits per heavy atom. The number of carbonyl (C=O) groups is 4. The lowest BCUT2D eigenvalue weighted by molar-refractivity contribution is -0.144. The van der Waals surface area contributed by atoms with E-state index in [1.54, 1.807) is 31.2 Å². The molecule has 3 amide bonds. The van der Waals surface area contributed by atoms with Crippen molar-refractivity contribution in [2.75, 3.05) is 6.54 Å². The Morgan fingerprint density at radius 1 is 0.762 bits per heavy atom. The lowest BCUT2D eigenvalue weighted by Gasteiger charge is -2.27. The van der Waals surface area contributed by atoms with Gasteiger partial charge < -0.3 is 42.7 Å². The molecule has 0 spiro atoms. The van der Waals surface area contributed by atoms with Crippen LogP contribution in [-0.4, -0.2) is 69.7 Å². The molecule has 2 rings (SSSR count). The maximum Gasteiger partial charge on any atom is 0.326 e. The van der Waals surface area contributed by atoms with Gasteiger partial charge in [0.15, 0.2) is 0 Å². The first-order valence-corrected chi connectivity index (χ1v) is 14.1. The summed E-state index contributed by atoms with van der Waals surface area (Å²) in [5.41, 5.74) is 13.1. The van der Waals surface area contributed by atoms with Gasteiger partial charge in [-0.3, -0.25) is 14.4 Å². The first-order chi connectivity index (χ1) is 19.9. The Labute approximate surface area is 245 Å². The van der Waals surface area contributed by atoms with Crippen LogP contribution in [0.2, 0.25) is 0 Å². The molecule has 0 saturated heterocycles. The van der Waals surface area contributed by atoms with E-state index in [0.717, 1.165) is 0 Å². The first kappa shape index (κ1) is 34.0. The molecule has 42 heavy (non-hydrogen) atoms. The summed E-state index contributed by atoms with van der Waals surface area (Å²) >= 11 is 0. The number of carbonyl (C=O) groups excluding carboxylic acids is 3. The van der Waals surface area contributed by atoms with Gasteiger partial charge in [0.25, 0.3) is 0 Å². The molecule has 12 heteroatoms. The molecular weight excluding hydrogens is 542 g/mol. The number of aliphatic carboxylic acids is 1. The summed E-state index contributed by atoms with van der Waals surface area (Å²) < 4.78 is 0. The maximum atomic E-state index is 13.6. The Morgan fingerprint density at radius 2 is 1.26 bits per heavy atom. The monoisotopic (exact) mass is 585 g/mol. The lowest BCUT2D eigenvalue weighted by atomic mass is 9.98. The highest BCUT2D eigenvalue weighted by molar-refractivity contribution is 5.94. The fraction of sp³-hybridized carbons (Fsp3) is 0.467. The molecule has 0 aliphatic carbocycles. The zero-order valence-electron chi connectivity index (χ0n) is 24.1. The molecule has 2 aromatic rings. The molecule has 10 N–H and O–H groups in total. The molecule has 0 heterocycles. The van der Waals surface area contributed by atoms with Crippen LogP contribution in [0.5, 0.6) is 11.5 Å². The summed E-state index contributed by atoms with van der Waals surface area (Å²) in [6.45, 7) is 3.91. The van der Waals surface area contributed by atoms with Crippen molar-refractivity contribution in [3.8, 4) is 11.5 Å². The van der Waals surface area contributed by atoms with E-state index in [1.807, 2.05) is 6.92 Å². The Kier molecular flexibility index (Phi) is 13.7. The number of benzene rings is 2. The number of aromatic hydroxyl groups is 2. The Bertz CT molecular complexity index is 1170. The quantitative estimate of drug-likeness (QED) is 0.124. The number of nitrogens with two attached hydrogens (primary N) is 2. The van der Waals surface area contributed by atoms with E-state index >= 15 is 0 Å². The number of hydrogen-bond acceptors (Lipinski definition) is 8. The topological polar surface area (TPSA) is 217 Å². The second kappa shape index (κ2) is 16.9. The van der Waals surface area contributed by atoms with Crippen molar-refractivity contribution in [3.63, 3.8) is 0 Å². The molecule has 0 radical (unpaired) electrons. The number of amides is 3. The number of carboxylic acids is 1. The van der Waals surface area contributed by atoms with Crippen LogP contribution in [0.25, 0.3) is 0 Å². The van der Waals surface area contributed by atoms with E-state index in [1.165, 1.54) is 24.3 Å². The number of nitrogens with one attached hydrogen (secondary N) is 3. The number of unbranched alkanes of at least 4 members (excludes halogenated alkanes) is 1. The van der Waals surface area contributed by atoms with Crippen molar-refractivity contribution in [1.82, 2.24) is 16.0 Å². The Balaban J connectivity index is 2.25. The lowest BCUT2D eigenvalue weighted by Crippen LogP contribution is -2.58. The molecule has 0 fully saturated rings. The molecule has 230 valence electrons. The Hall–Kier alpha value is -4.16. The zero-order valence-corrected chi connectivity index (χ0v) is 24.1. The minimum atomic E-state index is -1.18. The zero-order chi connectivity index (χ0) is 31.2. The van der Waals surface area contributed by atoms with Gasteiger partial charge >= 0.3 is 5.97 Å². The van der Waals surface area contributed by atoms with Crippen molar-refractivity contribution < 1.29 is 34.5 Å². The van der Waals surface area contributed by atoms with Crippen molar-refractivity contribution in [2.24, 2.45) is 17.4 Å². The highest BCUT2D eigenvalue weighted by Gasteiger charge is 2.32. The number of carboxylic acid groups (broad SMARTS) is 1. The van der Waals surface area contributed by atoms with Crippen LogP contribution in [0.1, 0.15) is 50.7 Å². The van der Waals surface area contributed by atoms with Crippen LogP contribution >= 0.6 is 0 Å². The van der Waals surface area contributed by atoms with Gasteiger partial charge in [-0.05, 0) is 73.5 Å². The van der Waals surface area contributed by atoms with E-state index in [0.29, 0.717) is 36.9 Å².